The monoisotopic (exact) mass is 335 g/mol. The second-order valence-corrected chi connectivity index (χ2v) is 7.32. The minimum Gasteiger partial charge on any atom is -0.368 e. The van der Waals surface area contributed by atoms with Gasteiger partial charge < -0.3 is 10.6 Å². The third-order valence-corrected chi connectivity index (χ3v) is 5.85. The summed E-state index contributed by atoms with van der Waals surface area (Å²) in [4.78, 5) is 28.1. The molecule has 0 aliphatic carbocycles. The normalized spacial score (nSPS) is 23.3. The van der Waals surface area contributed by atoms with Crippen LogP contribution in [-0.4, -0.2) is 53.3 Å². The van der Waals surface area contributed by atoms with E-state index in [4.69, 9.17) is 5.73 Å². The number of hydrogen-bond donors (Lipinski definition) is 1. The summed E-state index contributed by atoms with van der Waals surface area (Å²) in [6, 6.07) is 2.39. The van der Waals surface area contributed by atoms with Crippen LogP contribution in [0.1, 0.15) is 37.7 Å². The lowest BCUT2D eigenvalue weighted by molar-refractivity contribution is -0.133. The second kappa shape index (κ2) is 7.45. The number of primary amides is 1. The fourth-order valence-electron chi connectivity index (χ4n) is 3.82. The van der Waals surface area contributed by atoms with Crippen LogP contribution in [0.15, 0.2) is 16.8 Å². The summed E-state index contributed by atoms with van der Waals surface area (Å²) in [6.07, 6.45) is 5.26. The maximum atomic E-state index is 12.3. The number of carbonyl (C=O) groups is 2. The number of carbonyl (C=O) groups excluding carboxylic acids is 2. The fraction of sp³-hybridized carbons (Fsp3) is 0.647. The molecule has 0 saturated carbocycles. The molecule has 3 heterocycles. The third kappa shape index (κ3) is 3.93. The highest BCUT2D eigenvalue weighted by molar-refractivity contribution is 7.07. The van der Waals surface area contributed by atoms with Crippen molar-refractivity contribution in [2.75, 3.05) is 19.6 Å². The lowest BCUT2D eigenvalue weighted by Gasteiger charge is -2.38. The van der Waals surface area contributed by atoms with Crippen LogP contribution >= 0.6 is 11.3 Å². The average Bonchev–Trinajstić information content (AvgIpc) is 3.24. The van der Waals surface area contributed by atoms with Crippen molar-refractivity contribution in [2.24, 2.45) is 5.73 Å². The zero-order chi connectivity index (χ0) is 16.2. The molecule has 0 spiro atoms. The first kappa shape index (κ1) is 16.5. The number of thiophene rings is 1. The van der Waals surface area contributed by atoms with E-state index in [1.165, 1.54) is 5.56 Å². The van der Waals surface area contributed by atoms with Gasteiger partial charge in [-0.15, -0.1) is 0 Å². The lowest BCUT2D eigenvalue weighted by Crippen LogP contribution is -2.51. The third-order valence-electron chi connectivity index (χ3n) is 5.12. The Morgan fingerprint density at radius 1 is 1.22 bits per heavy atom. The van der Waals surface area contributed by atoms with Crippen molar-refractivity contribution in [3.8, 4) is 0 Å². The number of nitrogens with two attached hydrogens (primary N) is 1. The van der Waals surface area contributed by atoms with Gasteiger partial charge in [-0.25, -0.2) is 0 Å². The van der Waals surface area contributed by atoms with Crippen LogP contribution in [-0.2, 0) is 16.0 Å². The molecule has 1 atom stereocenters. The first-order chi connectivity index (χ1) is 11.1. The molecule has 2 amide bonds. The topological polar surface area (TPSA) is 66.6 Å². The highest BCUT2D eigenvalue weighted by atomic mass is 32.1. The standard InChI is InChI=1S/C17H25N3O2S/c18-17(22)15-2-1-8-20(15)14-5-9-19(10-6-14)16(21)4-3-13-7-11-23-12-13/h7,11-12,14-15H,1-6,8-10H2,(H2,18,22)/t15-/m1/s1. The van der Waals surface area contributed by atoms with Gasteiger partial charge in [-0.3, -0.25) is 14.5 Å². The zero-order valence-electron chi connectivity index (χ0n) is 13.4. The summed E-state index contributed by atoms with van der Waals surface area (Å²) >= 11 is 1.68. The predicted molar refractivity (Wildman–Crippen MR) is 91.2 cm³/mol. The number of piperidine rings is 1. The molecule has 2 saturated heterocycles. The van der Waals surface area contributed by atoms with Crippen LogP contribution in [0.5, 0.6) is 0 Å². The molecular formula is C17H25N3O2S. The Bertz CT molecular complexity index is 538. The van der Waals surface area contributed by atoms with E-state index in [0.717, 1.165) is 51.7 Å². The Morgan fingerprint density at radius 2 is 2.00 bits per heavy atom. The molecule has 5 nitrogen and oxygen atoms in total. The first-order valence-electron chi connectivity index (χ1n) is 8.49. The van der Waals surface area contributed by atoms with Crippen LogP contribution < -0.4 is 5.73 Å². The van der Waals surface area contributed by atoms with E-state index in [1.54, 1.807) is 11.3 Å². The molecule has 2 fully saturated rings. The largest absolute Gasteiger partial charge is 0.368 e. The summed E-state index contributed by atoms with van der Waals surface area (Å²) in [5.41, 5.74) is 6.76. The van der Waals surface area contributed by atoms with E-state index in [0.29, 0.717) is 12.5 Å². The number of hydrogen-bond acceptors (Lipinski definition) is 4. The fourth-order valence-corrected chi connectivity index (χ4v) is 4.53. The summed E-state index contributed by atoms with van der Waals surface area (Å²) in [5, 5.41) is 4.16. The summed E-state index contributed by atoms with van der Waals surface area (Å²) in [5.74, 6) is 0.0549. The Kier molecular flexibility index (Phi) is 5.33. The molecule has 0 radical (unpaired) electrons. The van der Waals surface area contributed by atoms with E-state index in [-0.39, 0.29) is 17.9 Å². The number of amides is 2. The molecule has 126 valence electrons. The molecule has 3 rings (SSSR count). The van der Waals surface area contributed by atoms with Gasteiger partial charge in [-0.05, 0) is 61.0 Å². The van der Waals surface area contributed by atoms with Crippen LogP contribution in [0, 0.1) is 0 Å². The highest BCUT2D eigenvalue weighted by Gasteiger charge is 2.36. The van der Waals surface area contributed by atoms with E-state index < -0.39 is 0 Å². The van der Waals surface area contributed by atoms with Crippen molar-refractivity contribution in [3.05, 3.63) is 22.4 Å². The Morgan fingerprint density at radius 3 is 2.65 bits per heavy atom. The maximum absolute atomic E-state index is 12.3. The molecule has 1 aromatic rings. The van der Waals surface area contributed by atoms with Gasteiger partial charge in [0, 0.05) is 25.6 Å². The van der Waals surface area contributed by atoms with Gasteiger partial charge in [0.15, 0.2) is 0 Å². The van der Waals surface area contributed by atoms with Crippen molar-refractivity contribution in [3.63, 3.8) is 0 Å². The van der Waals surface area contributed by atoms with Gasteiger partial charge in [-0.1, -0.05) is 0 Å². The van der Waals surface area contributed by atoms with Crippen LogP contribution in [0.3, 0.4) is 0 Å². The minimum absolute atomic E-state index is 0.0964. The summed E-state index contributed by atoms with van der Waals surface area (Å²) < 4.78 is 0. The minimum atomic E-state index is -0.197. The van der Waals surface area contributed by atoms with Crippen molar-refractivity contribution < 1.29 is 9.59 Å². The number of rotatable bonds is 5. The Labute approximate surface area is 141 Å². The highest BCUT2D eigenvalue weighted by Crippen LogP contribution is 2.26. The quantitative estimate of drug-likeness (QED) is 0.889. The molecule has 2 aliphatic heterocycles. The van der Waals surface area contributed by atoms with E-state index in [1.807, 2.05) is 4.90 Å². The van der Waals surface area contributed by atoms with Crippen LogP contribution in [0.4, 0.5) is 0 Å². The number of nitrogens with zero attached hydrogens (tertiary/aromatic N) is 2. The van der Waals surface area contributed by atoms with Gasteiger partial charge in [-0.2, -0.15) is 11.3 Å². The second-order valence-electron chi connectivity index (χ2n) is 6.54. The van der Waals surface area contributed by atoms with Crippen LogP contribution in [0.2, 0.25) is 0 Å². The number of likely N-dealkylation sites (tertiary alicyclic amines) is 2. The molecule has 2 aliphatic rings. The molecule has 0 unspecified atom stereocenters. The van der Waals surface area contributed by atoms with Gasteiger partial charge in [0.1, 0.15) is 0 Å². The molecule has 0 aromatic carbocycles. The van der Waals surface area contributed by atoms with Gasteiger partial charge in [0.2, 0.25) is 11.8 Å². The van der Waals surface area contributed by atoms with E-state index >= 15 is 0 Å². The average molecular weight is 335 g/mol. The van der Waals surface area contributed by atoms with Gasteiger partial charge in [0.25, 0.3) is 0 Å². The van der Waals surface area contributed by atoms with Crippen molar-refractivity contribution in [1.82, 2.24) is 9.80 Å². The van der Waals surface area contributed by atoms with E-state index in [9.17, 15) is 9.59 Å². The Hall–Kier alpha value is -1.40. The smallest absolute Gasteiger partial charge is 0.234 e. The zero-order valence-corrected chi connectivity index (χ0v) is 14.3. The Balaban J connectivity index is 1.46. The molecule has 6 heteroatoms. The van der Waals surface area contributed by atoms with Gasteiger partial charge in [0.05, 0.1) is 6.04 Å². The SMILES string of the molecule is NC(=O)[C@H]1CCCN1C1CCN(C(=O)CCc2ccsc2)CC1. The summed E-state index contributed by atoms with van der Waals surface area (Å²) in [6.45, 7) is 2.56. The predicted octanol–water partition coefficient (Wildman–Crippen LogP) is 1.62. The summed E-state index contributed by atoms with van der Waals surface area (Å²) in [7, 11) is 0. The van der Waals surface area contributed by atoms with Crippen molar-refractivity contribution in [1.29, 1.82) is 0 Å². The van der Waals surface area contributed by atoms with Gasteiger partial charge >= 0.3 is 0 Å². The van der Waals surface area contributed by atoms with Crippen molar-refractivity contribution in [2.45, 2.75) is 50.6 Å². The maximum Gasteiger partial charge on any atom is 0.234 e. The number of aryl methyl sites for hydroxylation is 1. The first-order valence-corrected chi connectivity index (χ1v) is 9.43. The van der Waals surface area contributed by atoms with E-state index in [2.05, 4.69) is 21.7 Å². The molecule has 0 bridgehead atoms. The molecule has 2 N–H and O–H groups in total. The van der Waals surface area contributed by atoms with Crippen LogP contribution in [0.25, 0.3) is 0 Å². The van der Waals surface area contributed by atoms with Crippen molar-refractivity contribution >= 4 is 23.2 Å². The molecule has 23 heavy (non-hydrogen) atoms. The molecular weight excluding hydrogens is 310 g/mol. The molecule has 1 aromatic heterocycles. The lowest BCUT2D eigenvalue weighted by atomic mass is 10.0.